The molecule has 4 heteroatoms. The summed E-state index contributed by atoms with van der Waals surface area (Å²) in [6.07, 6.45) is 0. The van der Waals surface area contributed by atoms with Gasteiger partial charge in [-0.2, -0.15) is 0 Å². The molecule has 0 radical (unpaired) electrons. The molecule has 0 aromatic heterocycles. The second-order valence-electron chi connectivity index (χ2n) is 5.58. The zero-order valence-electron chi connectivity index (χ0n) is 12.7. The Bertz CT molecular complexity index is 455. The fourth-order valence-corrected chi connectivity index (χ4v) is 2.66. The second-order valence-corrected chi connectivity index (χ2v) is 5.58. The zero-order chi connectivity index (χ0) is 14.5. The summed E-state index contributed by atoms with van der Waals surface area (Å²) in [7, 11) is 2.03. The highest BCUT2D eigenvalue weighted by Crippen LogP contribution is 2.21. The summed E-state index contributed by atoms with van der Waals surface area (Å²) in [4.78, 5) is 16.4. The van der Waals surface area contributed by atoms with Crippen LogP contribution in [0, 0.1) is 6.92 Å². The molecule has 20 heavy (non-hydrogen) atoms. The predicted molar refractivity (Wildman–Crippen MR) is 81.7 cm³/mol. The number of carbonyl (C=O) groups excluding carboxylic acids is 1. The van der Waals surface area contributed by atoms with Crippen molar-refractivity contribution in [2.24, 2.45) is 0 Å². The fourth-order valence-electron chi connectivity index (χ4n) is 2.66. The summed E-state index contributed by atoms with van der Waals surface area (Å²) in [6.45, 7) is 8.23. The SMILES string of the molecule is Cc1ccccc1C(C)N(C)CC(=O)N1CCNCC1. The summed E-state index contributed by atoms with van der Waals surface area (Å²) >= 11 is 0. The van der Waals surface area contributed by atoms with Gasteiger partial charge in [0, 0.05) is 32.2 Å². The van der Waals surface area contributed by atoms with Crippen LogP contribution in [0.4, 0.5) is 0 Å². The van der Waals surface area contributed by atoms with Crippen molar-refractivity contribution < 1.29 is 4.79 Å². The highest BCUT2D eigenvalue weighted by molar-refractivity contribution is 5.78. The average molecular weight is 275 g/mol. The van der Waals surface area contributed by atoms with E-state index in [1.54, 1.807) is 0 Å². The van der Waals surface area contributed by atoms with Crippen LogP contribution in [0.15, 0.2) is 24.3 Å². The van der Waals surface area contributed by atoms with Gasteiger partial charge in [0.1, 0.15) is 0 Å². The van der Waals surface area contributed by atoms with Crippen LogP contribution in [0.1, 0.15) is 24.1 Å². The first-order valence-corrected chi connectivity index (χ1v) is 7.34. The van der Waals surface area contributed by atoms with E-state index in [1.165, 1.54) is 11.1 Å². The van der Waals surface area contributed by atoms with Crippen LogP contribution in [0.3, 0.4) is 0 Å². The lowest BCUT2D eigenvalue weighted by molar-refractivity contribution is -0.133. The first-order valence-electron chi connectivity index (χ1n) is 7.34. The third-order valence-corrected chi connectivity index (χ3v) is 4.15. The number of amides is 1. The lowest BCUT2D eigenvalue weighted by Gasteiger charge is -2.31. The van der Waals surface area contributed by atoms with Gasteiger partial charge in [0.05, 0.1) is 6.54 Å². The van der Waals surface area contributed by atoms with Crippen molar-refractivity contribution in [2.75, 3.05) is 39.8 Å². The van der Waals surface area contributed by atoms with E-state index in [4.69, 9.17) is 0 Å². The Morgan fingerprint density at radius 3 is 2.65 bits per heavy atom. The van der Waals surface area contributed by atoms with E-state index in [9.17, 15) is 4.79 Å². The van der Waals surface area contributed by atoms with E-state index in [-0.39, 0.29) is 11.9 Å². The molecule has 1 amide bonds. The summed E-state index contributed by atoms with van der Waals surface area (Å²) < 4.78 is 0. The molecule has 1 aromatic carbocycles. The third kappa shape index (κ3) is 3.58. The molecule has 110 valence electrons. The second kappa shape index (κ2) is 6.86. The standard InChI is InChI=1S/C16H25N3O/c1-13-6-4-5-7-15(13)14(2)18(3)12-16(20)19-10-8-17-9-11-19/h4-7,14,17H,8-12H2,1-3H3. The number of aryl methyl sites for hydroxylation is 1. The van der Waals surface area contributed by atoms with Crippen LogP contribution >= 0.6 is 0 Å². The van der Waals surface area contributed by atoms with E-state index in [0.29, 0.717) is 6.54 Å². The molecule has 1 aromatic rings. The molecule has 0 saturated carbocycles. The minimum Gasteiger partial charge on any atom is -0.339 e. The number of nitrogens with one attached hydrogen (secondary N) is 1. The van der Waals surface area contributed by atoms with Crippen LogP contribution in [-0.4, -0.2) is 55.5 Å². The summed E-state index contributed by atoms with van der Waals surface area (Å²) in [6, 6.07) is 8.63. The molecule has 1 fully saturated rings. The Labute approximate surface area is 121 Å². The molecule has 1 atom stereocenters. The number of nitrogens with zero attached hydrogens (tertiary/aromatic N) is 2. The number of hydrogen-bond acceptors (Lipinski definition) is 3. The predicted octanol–water partition coefficient (Wildman–Crippen LogP) is 1.42. The molecule has 1 aliphatic heterocycles. The Hall–Kier alpha value is -1.39. The quantitative estimate of drug-likeness (QED) is 0.903. The Kier molecular flexibility index (Phi) is 5.15. The lowest BCUT2D eigenvalue weighted by Crippen LogP contribution is -2.49. The molecule has 4 nitrogen and oxygen atoms in total. The summed E-state index contributed by atoms with van der Waals surface area (Å²) in [5.74, 6) is 0.231. The summed E-state index contributed by atoms with van der Waals surface area (Å²) in [5.41, 5.74) is 2.57. The molecular formula is C16H25N3O. The van der Waals surface area contributed by atoms with Gasteiger partial charge in [-0.3, -0.25) is 9.69 Å². The van der Waals surface area contributed by atoms with Gasteiger partial charge in [-0.05, 0) is 32.0 Å². The van der Waals surface area contributed by atoms with Crippen molar-refractivity contribution >= 4 is 5.91 Å². The number of piperazine rings is 1. The maximum Gasteiger partial charge on any atom is 0.236 e. The van der Waals surface area contributed by atoms with E-state index in [1.807, 2.05) is 11.9 Å². The number of hydrogen-bond donors (Lipinski definition) is 1. The molecule has 1 saturated heterocycles. The highest BCUT2D eigenvalue weighted by atomic mass is 16.2. The van der Waals surface area contributed by atoms with Crippen LogP contribution < -0.4 is 5.32 Å². The Morgan fingerprint density at radius 2 is 2.00 bits per heavy atom. The third-order valence-electron chi connectivity index (χ3n) is 4.15. The first kappa shape index (κ1) is 15.0. The van der Waals surface area contributed by atoms with Crippen molar-refractivity contribution in [1.29, 1.82) is 0 Å². The van der Waals surface area contributed by atoms with Crippen LogP contribution in [0.2, 0.25) is 0 Å². The van der Waals surface area contributed by atoms with E-state index >= 15 is 0 Å². The molecule has 0 spiro atoms. The van der Waals surface area contributed by atoms with Gasteiger partial charge in [-0.1, -0.05) is 24.3 Å². The molecule has 1 aliphatic rings. The smallest absolute Gasteiger partial charge is 0.236 e. The molecule has 2 rings (SSSR count). The Morgan fingerprint density at radius 1 is 1.35 bits per heavy atom. The minimum absolute atomic E-state index is 0.231. The van der Waals surface area contributed by atoms with Crippen LogP contribution in [0.25, 0.3) is 0 Å². The molecule has 1 unspecified atom stereocenters. The normalized spacial score (nSPS) is 17.3. The Balaban J connectivity index is 1.95. The molecule has 0 aliphatic carbocycles. The maximum absolute atomic E-state index is 12.3. The van der Waals surface area contributed by atoms with E-state index in [2.05, 4.69) is 48.3 Å². The largest absolute Gasteiger partial charge is 0.339 e. The van der Waals surface area contributed by atoms with Gasteiger partial charge in [0.25, 0.3) is 0 Å². The van der Waals surface area contributed by atoms with Gasteiger partial charge in [0.15, 0.2) is 0 Å². The van der Waals surface area contributed by atoms with Gasteiger partial charge >= 0.3 is 0 Å². The minimum atomic E-state index is 0.231. The van der Waals surface area contributed by atoms with Crippen molar-refractivity contribution in [2.45, 2.75) is 19.9 Å². The monoisotopic (exact) mass is 275 g/mol. The molecule has 1 N–H and O–H groups in total. The van der Waals surface area contributed by atoms with Gasteiger partial charge in [0.2, 0.25) is 5.91 Å². The number of carbonyl (C=O) groups is 1. The first-order chi connectivity index (χ1) is 9.59. The van der Waals surface area contributed by atoms with Gasteiger partial charge in [-0.25, -0.2) is 0 Å². The zero-order valence-corrected chi connectivity index (χ0v) is 12.7. The van der Waals surface area contributed by atoms with Crippen LogP contribution in [-0.2, 0) is 4.79 Å². The van der Waals surface area contributed by atoms with Gasteiger partial charge in [-0.15, -0.1) is 0 Å². The highest BCUT2D eigenvalue weighted by Gasteiger charge is 2.21. The van der Waals surface area contributed by atoms with Crippen molar-refractivity contribution in [3.05, 3.63) is 35.4 Å². The van der Waals surface area contributed by atoms with Crippen molar-refractivity contribution in [3.63, 3.8) is 0 Å². The van der Waals surface area contributed by atoms with Crippen LogP contribution in [0.5, 0.6) is 0 Å². The average Bonchev–Trinajstić information content (AvgIpc) is 2.48. The van der Waals surface area contributed by atoms with E-state index in [0.717, 1.165) is 26.2 Å². The molecular weight excluding hydrogens is 250 g/mol. The lowest BCUT2D eigenvalue weighted by atomic mass is 10.0. The van der Waals surface area contributed by atoms with Crippen molar-refractivity contribution in [1.82, 2.24) is 15.1 Å². The molecule has 0 bridgehead atoms. The topological polar surface area (TPSA) is 35.6 Å². The van der Waals surface area contributed by atoms with E-state index < -0.39 is 0 Å². The number of rotatable bonds is 4. The number of benzene rings is 1. The molecule has 1 heterocycles. The fraction of sp³-hybridized carbons (Fsp3) is 0.562. The number of likely N-dealkylation sites (N-methyl/N-ethyl adjacent to an activating group) is 1. The van der Waals surface area contributed by atoms with Crippen molar-refractivity contribution in [3.8, 4) is 0 Å². The maximum atomic E-state index is 12.3. The summed E-state index contributed by atoms with van der Waals surface area (Å²) in [5, 5.41) is 3.27. The van der Waals surface area contributed by atoms with Gasteiger partial charge < -0.3 is 10.2 Å².